The molecule has 0 aliphatic rings. The molecule has 0 aromatic carbocycles. The standard InChI is InChI=1S/C13H20N2O3S/c1-10(14-11(2)17)8-13(18)15(5-6-16)9-12-4-3-7-19-12/h3-4,7,10,16H,5-6,8-9H2,1-2H3,(H,14,17). The number of rotatable bonds is 7. The molecule has 0 aliphatic carbocycles. The molecule has 0 saturated heterocycles. The first-order chi connectivity index (χ1) is 9.02. The number of nitrogens with zero attached hydrogens (tertiary/aromatic N) is 1. The van der Waals surface area contributed by atoms with Crippen molar-refractivity contribution in [2.45, 2.75) is 32.9 Å². The third kappa shape index (κ3) is 5.85. The van der Waals surface area contributed by atoms with Gasteiger partial charge in [0.2, 0.25) is 11.8 Å². The summed E-state index contributed by atoms with van der Waals surface area (Å²) in [5.41, 5.74) is 0. The van der Waals surface area contributed by atoms with E-state index in [1.807, 2.05) is 17.5 Å². The summed E-state index contributed by atoms with van der Waals surface area (Å²) in [6.07, 6.45) is 0.241. The van der Waals surface area contributed by atoms with Gasteiger partial charge in [-0.1, -0.05) is 6.07 Å². The number of carbonyl (C=O) groups excluding carboxylic acids is 2. The van der Waals surface area contributed by atoms with Gasteiger partial charge in [-0.3, -0.25) is 9.59 Å². The largest absolute Gasteiger partial charge is 0.395 e. The number of hydrogen-bond acceptors (Lipinski definition) is 4. The van der Waals surface area contributed by atoms with E-state index in [0.29, 0.717) is 13.1 Å². The van der Waals surface area contributed by atoms with E-state index in [1.54, 1.807) is 23.2 Å². The minimum absolute atomic E-state index is 0.0639. The summed E-state index contributed by atoms with van der Waals surface area (Å²) in [6.45, 7) is 3.97. The highest BCUT2D eigenvalue weighted by molar-refractivity contribution is 7.09. The number of thiophene rings is 1. The van der Waals surface area contributed by atoms with Gasteiger partial charge in [0.15, 0.2) is 0 Å². The molecule has 0 bridgehead atoms. The van der Waals surface area contributed by atoms with Crippen LogP contribution in [-0.2, 0) is 16.1 Å². The molecule has 1 atom stereocenters. The lowest BCUT2D eigenvalue weighted by atomic mass is 10.2. The molecule has 1 rings (SSSR count). The molecule has 1 heterocycles. The molecule has 0 fully saturated rings. The van der Waals surface area contributed by atoms with Crippen LogP contribution in [0.3, 0.4) is 0 Å². The Hall–Kier alpha value is -1.40. The van der Waals surface area contributed by atoms with Crippen LogP contribution in [0.4, 0.5) is 0 Å². The van der Waals surface area contributed by atoms with Crippen LogP contribution in [0.15, 0.2) is 17.5 Å². The maximum absolute atomic E-state index is 12.1. The van der Waals surface area contributed by atoms with Gasteiger partial charge in [-0.15, -0.1) is 11.3 Å². The van der Waals surface area contributed by atoms with E-state index in [4.69, 9.17) is 5.11 Å². The first-order valence-electron chi connectivity index (χ1n) is 6.21. The second kappa shape index (κ2) is 7.91. The Bertz CT molecular complexity index is 406. The van der Waals surface area contributed by atoms with Crippen molar-refractivity contribution >= 4 is 23.2 Å². The van der Waals surface area contributed by atoms with E-state index >= 15 is 0 Å². The lowest BCUT2D eigenvalue weighted by Gasteiger charge is -2.23. The molecule has 19 heavy (non-hydrogen) atoms. The van der Waals surface area contributed by atoms with Crippen molar-refractivity contribution in [2.24, 2.45) is 0 Å². The maximum Gasteiger partial charge on any atom is 0.225 e. The van der Waals surface area contributed by atoms with Gasteiger partial charge in [0.05, 0.1) is 13.2 Å². The zero-order valence-corrected chi connectivity index (χ0v) is 12.1. The summed E-state index contributed by atoms with van der Waals surface area (Å²) < 4.78 is 0. The van der Waals surface area contributed by atoms with Crippen LogP contribution in [-0.4, -0.2) is 41.0 Å². The van der Waals surface area contributed by atoms with Crippen LogP contribution in [0.5, 0.6) is 0 Å². The van der Waals surface area contributed by atoms with E-state index in [0.717, 1.165) is 4.88 Å². The Labute approximate surface area is 117 Å². The van der Waals surface area contributed by atoms with Gasteiger partial charge in [0.25, 0.3) is 0 Å². The number of amides is 2. The molecule has 6 heteroatoms. The predicted octanol–water partition coefficient (Wildman–Crippen LogP) is 0.984. The second-order valence-corrected chi connectivity index (χ2v) is 5.46. The molecule has 5 nitrogen and oxygen atoms in total. The zero-order valence-electron chi connectivity index (χ0n) is 11.3. The lowest BCUT2D eigenvalue weighted by molar-refractivity contribution is -0.133. The normalized spacial score (nSPS) is 11.9. The van der Waals surface area contributed by atoms with Gasteiger partial charge in [-0.05, 0) is 18.4 Å². The summed E-state index contributed by atoms with van der Waals surface area (Å²) in [5, 5.41) is 13.7. The summed E-state index contributed by atoms with van der Waals surface area (Å²) >= 11 is 1.58. The first-order valence-corrected chi connectivity index (χ1v) is 7.09. The molecule has 106 valence electrons. The monoisotopic (exact) mass is 284 g/mol. The van der Waals surface area contributed by atoms with Crippen molar-refractivity contribution in [3.8, 4) is 0 Å². The fraction of sp³-hybridized carbons (Fsp3) is 0.538. The molecule has 1 aromatic rings. The molecule has 2 N–H and O–H groups in total. The molecule has 2 amide bonds. The fourth-order valence-electron chi connectivity index (χ4n) is 1.79. The average molecular weight is 284 g/mol. The van der Waals surface area contributed by atoms with Gasteiger partial charge in [0.1, 0.15) is 0 Å². The van der Waals surface area contributed by atoms with E-state index in [-0.39, 0.29) is 30.9 Å². The number of carbonyl (C=O) groups is 2. The highest BCUT2D eigenvalue weighted by atomic mass is 32.1. The number of nitrogens with one attached hydrogen (secondary N) is 1. The molecule has 0 radical (unpaired) electrons. The van der Waals surface area contributed by atoms with Crippen LogP contribution in [0.25, 0.3) is 0 Å². The van der Waals surface area contributed by atoms with Crippen LogP contribution in [0.2, 0.25) is 0 Å². The Morgan fingerprint density at radius 2 is 2.26 bits per heavy atom. The third-order valence-corrected chi connectivity index (χ3v) is 3.44. The molecular weight excluding hydrogens is 264 g/mol. The topological polar surface area (TPSA) is 69.6 Å². The highest BCUT2D eigenvalue weighted by Gasteiger charge is 2.17. The quantitative estimate of drug-likeness (QED) is 0.784. The van der Waals surface area contributed by atoms with E-state index in [1.165, 1.54) is 6.92 Å². The highest BCUT2D eigenvalue weighted by Crippen LogP contribution is 2.13. The van der Waals surface area contributed by atoms with Gasteiger partial charge >= 0.3 is 0 Å². The van der Waals surface area contributed by atoms with Crippen LogP contribution >= 0.6 is 11.3 Å². The number of aliphatic hydroxyl groups is 1. The minimum atomic E-state index is -0.200. The first kappa shape index (κ1) is 15.7. The summed E-state index contributed by atoms with van der Waals surface area (Å²) in [6, 6.07) is 3.69. The molecule has 0 spiro atoms. The molecule has 0 aliphatic heterocycles. The Morgan fingerprint density at radius 1 is 1.53 bits per heavy atom. The summed E-state index contributed by atoms with van der Waals surface area (Å²) in [4.78, 5) is 25.7. The van der Waals surface area contributed by atoms with E-state index in [2.05, 4.69) is 5.32 Å². The van der Waals surface area contributed by atoms with Crippen LogP contribution in [0, 0.1) is 0 Å². The van der Waals surface area contributed by atoms with Crippen molar-refractivity contribution in [3.05, 3.63) is 22.4 Å². The second-order valence-electron chi connectivity index (χ2n) is 4.42. The van der Waals surface area contributed by atoms with Gasteiger partial charge < -0.3 is 15.3 Å². The van der Waals surface area contributed by atoms with Gasteiger partial charge in [0, 0.05) is 30.8 Å². The Morgan fingerprint density at radius 3 is 2.79 bits per heavy atom. The zero-order chi connectivity index (χ0) is 14.3. The average Bonchev–Trinajstić information content (AvgIpc) is 2.79. The number of aliphatic hydroxyl groups excluding tert-OH is 1. The predicted molar refractivity (Wildman–Crippen MR) is 74.7 cm³/mol. The van der Waals surface area contributed by atoms with Crippen molar-refractivity contribution < 1.29 is 14.7 Å². The summed E-state index contributed by atoms with van der Waals surface area (Å²) in [5.74, 6) is -0.212. The van der Waals surface area contributed by atoms with Crippen molar-refractivity contribution in [3.63, 3.8) is 0 Å². The van der Waals surface area contributed by atoms with Crippen LogP contribution < -0.4 is 5.32 Å². The maximum atomic E-state index is 12.1. The number of hydrogen-bond donors (Lipinski definition) is 2. The van der Waals surface area contributed by atoms with Crippen molar-refractivity contribution in [1.29, 1.82) is 0 Å². The van der Waals surface area contributed by atoms with Crippen molar-refractivity contribution in [2.75, 3.05) is 13.2 Å². The van der Waals surface area contributed by atoms with Crippen LogP contribution in [0.1, 0.15) is 25.1 Å². The molecule has 0 saturated carbocycles. The Balaban J connectivity index is 2.54. The van der Waals surface area contributed by atoms with E-state index < -0.39 is 0 Å². The summed E-state index contributed by atoms with van der Waals surface area (Å²) in [7, 11) is 0. The van der Waals surface area contributed by atoms with Crippen molar-refractivity contribution in [1.82, 2.24) is 10.2 Å². The molecule has 1 unspecified atom stereocenters. The Kier molecular flexibility index (Phi) is 6.52. The smallest absolute Gasteiger partial charge is 0.225 e. The molecule has 1 aromatic heterocycles. The van der Waals surface area contributed by atoms with Gasteiger partial charge in [-0.25, -0.2) is 0 Å². The fourth-order valence-corrected chi connectivity index (χ4v) is 2.51. The third-order valence-electron chi connectivity index (χ3n) is 2.58. The minimum Gasteiger partial charge on any atom is -0.395 e. The molecular formula is C13H20N2O3S. The lowest BCUT2D eigenvalue weighted by Crippen LogP contribution is -2.39. The van der Waals surface area contributed by atoms with E-state index in [9.17, 15) is 9.59 Å². The SMILES string of the molecule is CC(=O)NC(C)CC(=O)N(CCO)Cc1cccs1. The van der Waals surface area contributed by atoms with Gasteiger partial charge in [-0.2, -0.15) is 0 Å².